The van der Waals surface area contributed by atoms with Gasteiger partial charge in [0, 0.05) is 0 Å². The molecule has 0 aliphatic heterocycles. The second-order valence-electron chi connectivity index (χ2n) is 6.89. The molecule has 17 heavy (non-hydrogen) atoms. The molecule has 1 fully saturated rings. The smallest absolute Gasteiger partial charge is 0.0653 e. The molecule has 0 bridgehead atoms. The summed E-state index contributed by atoms with van der Waals surface area (Å²) in [5.41, 5.74) is 0.218. The zero-order chi connectivity index (χ0) is 12.8. The minimum absolute atomic E-state index is 0.281. The predicted octanol–water partition coefficient (Wildman–Crippen LogP) is 2.89. The fourth-order valence-electron chi connectivity index (χ4n) is 3.88. The van der Waals surface area contributed by atoms with Crippen molar-refractivity contribution < 1.29 is 10.2 Å². The molecule has 0 aromatic heterocycles. The molecule has 98 valence electrons. The molecule has 2 aliphatic rings. The van der Waals surface area contributed by atoms with E-state index in [1.807, 2.05) is 20.8 Å². The molecule has 0 amide bonds. The van der Waals surface area contributed by atoms with E-state index in [0.29, 0.717) is 11.8 Å². The molecule has 0 spiro atoms. The van der Waals surface area contributed by atoms with Crippen LogP contribution in [0.5, 0.6) is 0 Å². The molecule has 2 rings (SSSR count). The third-order valence-corrected chi connectivity index (χ3v) is 4.92. The van der Waals surface area contributed by atoms with Crippen LogP contribution in [0.15, 0.2) is 11.6 Å². The molecular weight excluding hydrogens is 212 g/mol. The van der Waals surface area contributed by atoms with Crippen molar-refractivity contribution in [3.05, 3.63) is 11.6 Å². The van der Waals surface area contributed by atoms with Crippen LogP contribution >= 0.6 is 0 Å². The van der Waals surface area contributed by atoms with Crippen LogP contribution in [0.4, 0.5) is 0 Å². The number of rotatable bonds is 1. The summed E-state index contributed by atoms with van der Waals surface area (Å²) in [6.07, 6.45) is 6.20. The minimum Gasteiger partial charge on any atom is -0.390 e. The molecule has 0 heterocycles. The number of hydrogen-bond acceptors (Lipinski definition) is 2. The normalized spacial score (nSPS) is 42.9. The van der Waals surface area contributed by atoms with Crippen molar-refractivity contribution in [2.24, 2.45) is 17.8 Å². The number of allylic oxidation sites excluding steroid dienone is 2. The predicted molar refractivity (Wildman–Crippen MR) is 69.6 cm³/mol. The monoisotopic (exact) mass is 238 g/mol. The lowest BCUT2D eigenvalue weighted by Gasteiger charge is -2.51. The minimum atomic E-state index is -0.645. The van der Waals surface area contributed by atoms with Gasteiger partial charge in [0.05, 0.1) is 11.2 Å². The first-order chi connectivity index (χ1) is 7.72. The Morgan fingerprint density at radius 2 is 2.00 bits per heavy atom. The third-order valence-electron chi connectivity index (χ3n) is 4.92. The van der Waals surface area contributed by atoms with Gasteiger partial charge in [0.2, 0.25) is 0 Å². The number of fused-ring (bicyclic) bond motifs is 1. The Morgan fingerprint density at radius 3 is 2.59 bits per heavy atom. The first-order valence-electron chi connectivity index (χ1n) is 6.84. The van der Waals surface area contributed by atoms with Gasteiger partial charge >= 0.3 is 0 Å². The van der Waals surface area contributed by atoms with Gasteiger partial charge in [0.25, 0.3) is 0 Å². The molecule has 2 N–H and O–H groups in total. The van der Waals surface area contributed by atoms with Gasteiger partial charge in [0.1, 0.15) is 0 Å². The van der Waals surface area contributed by atoms with E-state index < -0.39 is 11.2 Å². The van der Waals surface area contributed by atoms with Gasteiger partial charge in [-0.2, -0.15) is 0 Å². The maximum absolute atomic E-state index is 10.5. The SMILES string of the molecule is CC1=C[C@H]2[C@H](C(C)(C)O)CC[C@](C)(O)[C@H]2CC1. The van der Waals surface area contributed by atoms with E-state index in [1.54, 1.807) is 0 Å². The molecule has 0 radical (unpaired) electrons. The van der Waals surface area contributed by atoms with Gasteiger partial charge in [-0.05, 0) is 71.1 Å². The molecule has 2 nitrogen and oxygen atoms in total. The van der Waals surface area contributed by atoms with E-state index in [2.05, 4.69) is 13.0 Å². The Kier molecular flexibility index (Phi) is 3.16. The fourth-order valence-corrected chi connectivity index (χ4v) is 3.88. The fraction of sp³-hybridized carbons (Fsp3) is 0.867. The maximum atomic E-state index is 10.5. The molecule has 4 atom stereocenters. The van der Waals surface area contributed by atoms with Crippen LogP contribution in [0.1, 0.15) is 53.4 Å². The second-order valence-corrected chi connectivity index (χ2v) is 6.89. The molecule has 2 heteroatoms. The summed E-state index contributed by atoms with van der Waals surface area (Å²) < 4.78 is 0. The molecule has 0 saturated heterocycles. The van der Waals surface area contributed by atoms with E-state index in [4.69, 9.17) is 0 Å². The van der Waals surface area contributed by atoms with Gasteiger partial charge in [-0.3, -0.25) is 0 Å². The van der Waals surface area contributed by atoms with Crippen molar-refractivity contribution in [1.82, 2.24) is 0 Å². The van der Waals surface area contributed by atoms with E-state index in [9.17, 15) is 10.2 Å². The van der Waals surface area contributed by atoms with Crippen molar-refractivity contribution in [1.29, 1.82) is 0 Å². The van der Waals surface area contributed by atoms with Crippen molar-refractivity contribution in [3.63, 3.8) is 0 Å². The first kappa shape index (κ1) is 13.1. The summed E-state index contributed by atoms with van der Waals surface area (Å²) in [5, 5.41) is 20.9. The van der Waals surface area contributed by atoms with Crippen molar-refractivity contribution >= 4 is 0 Å². The highest BCUT2D eigenvalue weighted by Crippen LogP contribution is 2.50. The topological polar surface area (TPSA) is 40.5 Å². The van der Waals surface area contributed by atoms with E-state index in [-0.39, 0.29) is 5.92 Å². The molecule has 2 aliphatic carbocycles. The van der Waals surface area contributed by atoms with Gasteiger partial charge in [-0.25, -0.2) is 0 Å². The Balaban J connectivity index is 2.32. The third kappa shape index (κ3) is 2.43. The van der Waals surface area contributed by atoms with Crippen molar-refractivity contribution in [2.75, 3.05) is 0 Å². The number of hydrogen-bond donors (Lipinski definition) is 2. The summed E-state index contributed by atoms with van der Waals surface area (Å²) in [4.78, 5) is 0. The summed E-state index contributed by atoms with van der Waals surface area (Å²) in [6.45, 7) is 7.96. The van der Waals surface area contributed by atoms with Gasteiger partial charge in [-0.1, -0.05) is 11.6 Å². The summed E-state index contributed by atoms with van der Waals surface area (Å²) in [7, 11) is 0. The average molecular weight is 238 g/mol. The summed E-state index contributed by atoms with van der Waals surface area (Å²) >= 11 is 0. The Morgan fingerprint density at radius 1 is 1.35 bits per heavy atom. The average Bonchev–Trinajstić information content (AvgIpc) is 2.14. The van der Waals surface area contributed by atoms with Crippen LogP contribution in [0, 0.1) is 17.8 Å². The van der Waals surface area contributed by atoms with Gasteiger partial charge in [-0.15, -0.1) is 0 Å². The second kappa shape index (κ2) is 4.10. The lowest BCUT2D eigenvalue weighted by Crippen LogP contribution is -2.52. The first-order valence-corrected chi connectivity index (χ1v) is 6.84. The quantitative estimate of drug-likeness (QED) is 0.690. The van der Waals surface area contributed by atoms with E-state index in [0.717, 1.165) is 25.7 Å². The van der Waals surface area contributed by atoms with Crippen LogP contribution in [-0.4, -0.2) is 21.4 Å². The van der Waals surface area contributed by atoms with Crippen molar-refractivity contribution in [3.8, 4) is 0 Å². The van der Waals surface area contributed by atoms with Crippen molar-refractivity contribution in [2.45, 2.75) is 64.6 Å². The van der Waals surface area contributed by atoms with E-state index in [1.165, 1.54) is 5.57 Å². The van der Waals surface area contributed by atoms with E-state index >= 15 is 0 Å². The Bertz CT molecular complexity index is 322. The standard InChI is InChI=1S/C15H26O2/c1-10-5-6-13-11(9-10)12(14(2,3)16)7-8-15(13,4)17/h9,11-13,16-17H,5-8H2,1-4H3/t11-,12+,13-,15-/m0/s1. The summed E-state index contributed by atoms with van der Waals surface area (Å²) in [6, 6.07) is 0. The maximum Gasteiger partial charge on any atom is 0.0653 e. The zero-order valence-electron chi connectivity index (χ0n) is 11.5. The molecule has 1 saturated carbocycles. The lowest BCUT2D eigenvalue weighted by atomic mass is 9.57. The largest absolute Gasteiger partial charge is 0.390 e. The molecular formula is C15H26O2. The highest BCUT2D eigenvalue weighted by molar-refractivity contribution is 5.15. The van der Waals surface area contributed by atoms with Gasteiger partial charge in [0.15, 0.2) is 0 Å². The lowest BCUT2D eigenvalue weighted by molar-refractivity contribution is -0.116. The molecule has 0 aromatic rings. The molecule has 0 unspecified atom stereocenters. The van der Waals surface area contributed by atoms with Crippen LogP contribution in [0.25, 0.3) is 0 Å². The van der Waals surface area contributed by atoms with Crippen LogP contribution in [0.2, 0.25) is 0 Å². The van der Waals surface area contributed by atoms with Crippen LogP contribution < -0.4 is 0 Å². The Labute approximate surface area is 105 Å². The number of aliphatic hydroxyl groups is 2. The van der Waals surface area contributed by atoms with Gasteiger partial charge < -0.3 is 10.2 Å². The zero-order valence-corrected chi connectivity index (χ0v) is 11.5. The van der Waals surface area contributed by atoms with Crippen LogP contribution in [0.3, 0.4) is 0 Å². The highest BCUT2D eigenvalue weighted by atomic mass is 16.3. The highest BCUT2D eigenvalue weighted by Gasteiger charge is 2.49. The molecule has 0 aromatic carbocycles. The van der Waals surface area contributed by atoms with Crippen LogP contribution in [-0.2, 0) is 0 Å². The summed E-state index contributed by atoms with van der Waals surface area (Å²) in [5.74, 6) is 0.937. The Hall–Kier alpha value is -0.340.